The van der Waals surface area contributed by atoms with E-state index in [0.717, 1.165) is 10.7 Å². The maximum absolute atomic E-state index is 14.8. The number of amides is 1. The first-order valence-electron chi connectivity index (χ1n) is 13.3. The number of nitrogens with zero attached hydrogens (tertiary/aromatic N) is 4. The van der Waals surface area contributed by atoms with Crippen LogP contribution in [-0.4, -0.2) is 51.3 Å². The van der Waals surface area contributed by atoms with Gasteiger partial charge in [-0.2, -0.15) is 18.3 Å². The Hall–Kier alpha value is -3.16. The third-order valence-corrected chi connectivity index (χ3v) is 9.41. The zero-order valence-electron chi connectivity index (χ0n) is 22.9. The highest BCUT2D eigenvalue weighted by Crippen LogP contribution is 2.44. The standard InChI is InChI=1S/C27H31ClF4N6O2Si/c1-41(2,3)9-8-40-14-37-13-17(25(36-37)27(30,31)32)20-12-34-26(35-20)21-7-4-16-10-15(11-22(39)38(16)21)23-19(33)6-5-18(28)24(23)29/h5-6,11-13,16,21H,4,7-10,14,33H2,1-3H3,(H,34,35)/t16-,21+/m1/s1. The van der Waals surface area contributed by atoms with Gasteiger partial charge in [-0.05, 0) is 43.0 Å². The Bertz CT molecular complexity index is 1500. The second-order valence-corrected chi connectivity index (χ2v) is 17.7. The molecule has 14 heteroatoms. The van der Waals surface area contributed by atoms with Crippen LogP contribution >= 0.6 is 11.6 Å². The number of imidazole rings is 1. The van der Waals surface area contributed by atoms with E-state index in [-0.39, 0.29) is 46.2 Å². The van der Waals surface area contributed by atoms with E-state index in [1.807, 2.05) is 0 Å². The van der Waals surface area contributed by atoms with E-state index in [2.05, 4.69) is 34.7 Å². The number of benzene rings is 1. The van der Waals surface area contributed by atoms with Crippen molar-refractivity contribution in [1.29, 1.82) is 0 Å². The molecule has 2 aliphatic rings. The number of halogens is 5. The van der Waals surface area contributed by atoms with Gasteiger partial charge in [0.15, 0.2) is 11.5 Å². The number of carbonyl (C=O) groups is 1. The summed E-state index contributed by atoms with van der Waals surface area (Å²) in [5, 5.41) is 3.66. The summed E-state index contributed by atoms with van der Waals surface area (Å²) in [5.41, 5.74) is 5.71. The molecular formula is C27H31ClF4N6O2Si. The van der Waals surface area contributed by atoms with Crippen LogP contribution in [0.1, 0.15) is 42.4 Å². The number of H-pyrrole nitrogens is 1. The van der Waals surface area contributed by atoms with Gasteiger partial charge in [0.05, 0.1) is 28.5 Å². The summed E-state index contributed by atoms with van der Waals surface area (Å²) >= 11 is 5.95. The molecule has 3 aromatic rings. The smallest absolute Gasteiger partial charge is 0.398 e. The third kappa shape index (κ3) is 6.07. The van der Waals surface area contributed by atoms with Gasteiger partial charge in [0.2, 0.25) is 5.91 Å². The van der Waals surface area contributed by atoms with Gasteiger partial charge in [-0.25, -0.2) is 14.1 Å². The molecule has 4 heterocycles. The van der Waals surface area contributed by atoms with Crippen LogP contribution in [0.2, 0.25) is 30.7 Å². The van der Waals surface area contributed by atoms with E-state index in [1.165, 1.54) is 30.6 Å². The number of nitrogens with one attached hydrogen (secondary N) is 1. The van der Waals surface area contributed by atoms with Gasteiger partial charge in [0, 0.05) is 44.2 Å². The Morgan fingerprint density at radius 3 is 2.71 bits per heavy atom. The van der Waals surface area contributed by atoms with Crippen molar-refractivity contribution in [3.05, 3.63) is 58.5 Å². The average Bonchev–Trinajstić information content (AvgIpc) is 3.61. The molecule has 0 saturated carbocycles. The third-order valence-electron chi connectivity index (χ3n) is 7.41. The van der Waals surface area contributed by atoms with E-state index in [0.29, 0.717) is 37.3 Å². The summed E-state index contributed by atoms with van der Waals surface area (Å²) < 4.78 is 63.2. The molecule has 1 aromatic carbocycles. The molecule has 0 unspecified atom stereocenters. The fourth-order valence-electron chi connectivity index (χ4n) is 5.36. The lowest BCUT2D eigenvalue weighted by Crippen LogP contribution is -2.39. The number of nitrogen functional groups attached to an aromatic ring is 1. The molecule has 2 aliphatic heterocycles. The van der Waals surface area contributed by atoms with Crippen molar-refractivity contribution in [2.45, 2.75) is 69.9 Å². The minimum absolute atomic E-state index is 0.0860. The van der Waals surface area contributed by atoms with Gasteiger partial charge < -0.3 is 20.4 Å². The lowest BCUT2D eigenvalue weighted by Gasteiger charge is -2.33. The molecule has 1 fully saturated rings. The number of hydrogen-bond donors (Lipinski definition) is 2. The van der Waals surface area contributed by atoms with Crippen molar-refractivity contribution >= 4 is 36.8 Å². The minimum atomic E-state index is -4.69. The number of rotatable bonds is 8. The second kappa shape index (κ2) is 10.9. The van der Waals surface area contributed by atoms with E-state index < -0.39 is 31.8 Å². The highest BCUT2D eigenvalue weighted by atomic mass is 35.5. The van der Waals surface area contributed by atoms with Crippen LogP contribution in [-0.2, 0) is 22.4 Å². The van der Waals surface area contributed by atoms with Gasteiger partial charge in [0.25, 0.3) is 0 Å². The van der Waals surface area contributed by atoms with Gasteiger partial charge in [-0.3, -0.25) is 4.79 Å². The molecule has 220 valence electrons. The first-order valence-corrected chi connectivity index (χ1v) is 17.4. The maximum Gasteiger partial charge on any atom is 0.435 e. The van der Waals surface area contributed by atoms with Gasteiger partial charge in [-0.15, -0.1) is 0 Å². The summed E-state index contributed by atoms with van der Waals surface area (Å²) in [5.74, 6) is -0.657. The zero-order valence-corrected chi connectivity index (χ0v) is 24.6. The highest BCUT2D eigenvalue weighted by Gasteiger charge is 2.43. The molecule has 5 rings (SSSR count). The number of anilines is 1. The van der Waals surface area contributed by atoms with E-state index in [1.54, 1.807) is 4.90 Å². The molecule has 41 heavy (non-hydrogen) atoms. The Morgan fingerprint density at radius 1 is 1.24 bits per heavy atom. The molecule has 0 aliphatic carbocycles. The number of aromatic nitrogens is 4. The summed E-state index contributed by atoms with van der Waals surface area (Å²) in [4.78, 5) is 22.2. The number of aromatic amines is 1. The normalized spacial score (nSPS) is 19.6. The number of nitrogens with two attached hydrogens (primary N) is 1. The van der Waals surface area contributed by atoms with Crippen molar-refractivity contribution in [2.24, 2.45) is 0 Å². The van der Waals surface area contributed by atoms with Crippen LogP contribution in [0.3, 0.4) is 0 Å². The maximum atomic E-state index is 14.8. The monoisotopic (exact) mass is 610 g/mol. The largest absolute Gasteiger partial charge is 0.435 e. The Morgan fingerprint density at radius 2 is 2.00 bits per heavy atom. The molecule has 2 atom stereocenters. The van der Waals surface area contributed by atoms with Crippen LogP contribution in [0.4, 0.5) is 23.2 Å². The van der Waals surface area contributed by atoms with Crippen molar-refractivity contribution in [3.8, 4) is 11.3 Å². The molecule has 0 radical (unpaired) electrons. The minimum Gasteiger partial charge on any atom is -0.398 e. The first kappa shape index (κ1) is 29.3. The topological polar surface area (TPSA) is 102 Å². The van der Waals surface area contributed by atoms with Crippen molar-refractivity contribution in [3.63, 3.8) is 0 Å². The Labute approximate surface area is 240 Å². The van der Waals surface area contributed by atoms with Gasteiger partial charge in [0.1, 0.15) is 12.6 Å². The first-order chi connectivity index (χ1) is 19.2. The quantitative estimate of drug-likeness (QED) is 0.131. The number of carbonyl (C=O) groups excluding carboxylic acids is 1. The summed E-state index contributed by atoms with van der Waals surface area (Å²) in [6, 6.07) is 3.02. The van der Waals surface area contributed by atoms with Crippen molar-refractivity contribution < 1.29 is 27.1 Å². The number of ether oxygens (including phenoxy) is 1. The number of hydrogen-bond acceptors (Lipinski definition) is 5. The van der Waals surface area contributed by atoms with Crippen LogP contribution in [0, 0.1) is 5.82 Å². The predicted molar refractivity (Wildman–Crippen MR) is 150 cm³/mol. The highest BCUT2D eigenvalue weighted by molar-refractivity contribution is 6.76. The van der Waals surface area contributed by atoms with E-state index in [4.69, 9.17) is 22.1 Å². The Kier molecular flexibility index (Phi) is 7.81. The van der Waals surface area contributed by atoms with Gasteiger partial charge >= 0.3 is 6.18 Å². The molecule has 3 N–H and O–H groups in total. The molecule has 8 nitrogen and oxygen atoms in total. The SMILES string of the molecule is C[Si](C)(C)CCOCn1cc(-c2cnc([C@@H]3CC[C@@H]4CC(c5c(N)ccc(Cl)c5F)=CC(=O)N43)[nH]2)c(C(F)(F)F)n1. The molecule has 1 amide bonds. The molecule has 1 saturated heterocycles. The Balaban J connectivity index is 1.37. The fourth-order valence-corrected chi connectivity index (χ4v) is 6.28. The molecule has 0 bridgehead atoms. The lowest BCUT2D eigenvalue weighted by molar-refractivity contribution is -0.141. The van der Waals surface area contributed by atoms with Crippen molar-refractivity contribution in [1.82, 2.24) is 24.6 Å². The zero-order chi connectivity index (χ0) is 29.7. The van der Waals surface area contributed by atoms with Gasteiger partial charge in [-0.1, -0.05) is 31.2 Å². The summed E-state index contributed by atoms with van der Waals surface area (Å²) in [7, 11) is -1.35. The van der Waals surface area contributed by atoms with Crippen molar-refractivity contribution in [2.75, 3.05) is 12.3 Å². The van der Waals surface area contributed by atoms with E-state index in [9.17, 15) is 22.4 Å². The van der Waals surface area contributed by atoms with Crippen LogP contribution < -0.4 is 5.73 Å². The van der Waals surface area contributed by atoms with Crippen LogP contribution in [0.15, 0.2) is 30.6 Å². The summed E-state index contributed by atoms with van der Waals surface area (Å²) in [6.45, 7) is 6.91. The van der Waals surface area contributed by atoms with Crippen LogP contribution in [0.5, 0.6) is 0 Å². The number of fused-ring (bicyclic) bond motifs is 1. The average molecular weight is 611 g/mol. The summed E-state index contributed by atoms with van der Waals surface area (Å²) in [6.07, 6.45) is 0.766. The fraction of sp³-hybridized carbons (Fsp3) is 0.444. The molecular weight excluding hydrogens is 580 g/mol. The number of alkyl halides is 3. The predicted octanol–water partition coefficient (Wildman–Crippen LogP) is 6.50. The van der Waals surface area contributed by atoms with Crippen LogP contribution in [0.25, 0.3) is 16.8 Å². The molecule has 2 aromatic heterocycles. The second-order valence-electron chi connectivity index (χ2n) is 11.7. The lowest BCUT2D eigenvalue weighted by atomic mass is 9.92. The van der Waals surface area contributed by atoms with E-state index >= 15 is 0 Å². The molecule has 0 spiro atoms.